The quantitative estimate of drug-likeness (QED) is 0.869. The third-order valence-corrected chi connectivity index (χ3v) is 3.97. The van der Waals surface area contributed by atoms with Crippen molar-refractivity contribution in [3.05, 3.63) is 34.3 Å². The molecule has 0 aromatic heterocycles. The molecule has 0 aliphatic rings. The normalized spacial score (nSPS) is 12.2. The first-order valence-electron chi connectivity index (χ1n) is 5.73. The number of thioether (sulfide) groups is 1. The maximum atomic E-state index is 11.5. The van der Waals surface area contributed by atoms with E-state index in [1.807, 2.05) is 19.1 Å². The van der Waals surface area contributed by atoms with Gasteiger partial charge in [0.05, 0.1) is 5.75 Å². The number of hydrogen-bond donors (Lipinski definition) is 1. The largest absolute Gasteiger partial charge is 0.353 e. The van der Waals surface area contributed by atoms with Gasteiger partial charge in [0.2, 0.25) is 5.91 Å². The Morgan fingerprint density at radius 1 is 1.41 bits per heavy atom. The maximum Gasteiger partial charge on any atom is 0.230 e. The van der Waals surface area contributed by atoms with Gasteiger partial charge in [0.15, 0.2) is 0 Å². The molecule has 1 atom stereocenters. The summed E-state index contributed by atoms with van der Waals surface area (Å²) in [5.41, 5.74) is 1.24. The summed E-state index contributed by atoms with van der Waals surface area (Å²) in [6, 6.07) is 8.47. The molecule has 17 heavy (non-hydrogen) atoms. The molecule has 0 aliphatic carbocycles. The van der Waals surface area contributed by atoms with Crippen molar-refractivity contribution in [3.8, 4) is 0 Å². The van der Waals surface area contributed by atoms with E-state index in [0.29, 0.717) is 5.75 Å². The lowest BCUT2D eigenvalue weighted by molar-refractivity contribution is -0.119. The van der Waals surface area contributed by atoms with Crippen molar-refractivity contribution in [2.24, 2.45) is 0 Å². The Morgan fingerprint density at radius 3 is 2.65 bits per heavy atom. The molecule has 1 amide bonds. The van der Waals surface area contributed by atoms with Crippen LogP contribution in [0.3, 0.4) is 0 Å². The lowest BCUT2D eigenvalue weighted by Gasteiger charge is -2.10. The Balaban J connectivity index is 2.23. The van der Waals surface area contributed by atoms with E-state index >= 15 is 0 Å². The van der Waals surface area contributed by atoms with Crippen LogP contribution in [0.1, 0.15) is 25.8 Å². The Kier molecular flexibility index (Phi) is 6.66. The van der Waals surface area contributed by atoms with Crippen molar-refractivity contribution in [2.75, 3.05) is 5.75 Å². The van der Waals surface area contributed by atoms with E-state index < -0.39 is 0 Å². The molecule has 0 aliphatic heterocycles. The Hall–Kier alpha value is -0.480. The average Bonchev–Trinajstić information content (AvgIpc) is 2.31. The number of hydrogen-bond acceptors (Lipinski definition) is 2. The highest BCUT2D eigenvalue weighted by Gasteiger charge is 2.05. The van der Waals surface area contributed by atoms with Crippen LogP contribution in [0.5, 0.6) is 0 Å². The zero-order chi connectivity index (χ0) is 12.7. The SMILES string of the molecule is CC[C@H](C)NC(=O)CSCc1ccc(Br)cc1. The second kappa shape index (κ2) is 7.77. The molecule has 0 radical (unpaired) electrons. The third kappa shape index (κ3) is 6.13. The molecule has 0 saturated carbocycles. The van der Waals surface area contributed by atoms with Gasteiger partial charge in [-0.1, -0.05) is 35.0 Å². The first kappa shape index (κ1) is 14.6. The molecule has 0 unspecified atom stereocenters. The first-order chi connectivity index (χ1) is 8.11. The van der Waals surface area contributed by atoms with Gasteiger partial charge in [-0.25, -0.2) is 0 Å². The fourth-order valence-electron chi connectivity index (χ4n) is 1.26. The van der Waals surface area contributed by atoms with E-state index in [1.54, 1.807) is 11.8 Å². The summed E-state index contributed by atoms with van der Waals surface area (Å²) >= 11 is 5.05. The van der Waals surface area contributed by atoms with Crippen LogP contribution in [0.15, 0.2) is 28.7 Å². The number of benzene rings is 1. The Labute approximate surface area is 116 Å². The first-order valence-corrected chi connectivity index (χ1v) is 7.68. The number of amides is 1. The molecule has 1 rings (SSSR count). The average molecular weight is 316 g/mol. The zero-order valence-corrected chi connectivity index (χ0v) is 12.6. The second-order valence-electron chi connectivity index (χ2n) is 4.00. The third-order valence-electron chi connectivity index (χ3n) is 2.43. The number of carbonyl (C=O) groups excluding carboxylic acids is 1. The summed E-state index contributed by atoms with van der Waals surface area (Å²) in [4.78, 5) is 11.5. The van der Waals surface area contributed by atoms with Gasteiger partial charge >= 0.3 is 0 Å². The van der Waals surface area contributed by atoms with Crippen molar-refractivity contribution >= 4 is 33.6 Å². The van der Waals surface area contributed by atoms with E-state index in [2.05, 4.69) is 40.3 Å². The van der Waals surface area contributed by atoms with Crippen LogP contribution in [0.4, 0.5) is 0 Å². The highest BCUT2D eigenvalue weighted by atomic mass is 79.9. The van der Waals surface area contributed by atoms with Crippen molar-refractivity contribution in [3.63, 3.8) is 0 Å². The van der Waals surface area contributed by atoms with Gasteiger partial charge in [0.1, 0.15) is 0 Å². The van der Waals surface area contributed by atoms with Crippen molar-refractivity contribution < 1.29 is 4.79 Å². The van der Waals surface area contributed by atoms with Gasteiger partial charge < -0.3 is 5.32 Å². The highest BCUT2D eigenvalue weighted by Crippen LogP contribution is 2.15. The summed E-state index contributed by atoms with van der Waals surface area (Å²) in [5.74, 6) is 1.53. The van der Waals surface area contributed by atoms with E-state index in [1.165, 1.54) is 5.56 Å². The van der Waals surface area contributed by atoms with E-state index in [9.17, 15) is 4.79 Å². The van der Waals surface area contributed by atoms with Gasteiger partial charge in [-0.3, -0.25) is 4.79 Å². The lowest BCUT2D eigenvalue weighted by Crippen LogP contribution is -2.33. The summed E-state index contributed by atoms with van der Waals surface area (Å²) < 4.78 is 1.08. The minimum Gasteiger partial charge on any atom is -0.353 e. The monoisotopic (exact) mass is 315 g/mol. The Bertz CT molecular complexity index is 353. The molecule has 0 saturated heterocycles. The number of nitrogens with one attached hydrogen (secondary N) is 1. The fraction of sp³-hybridized carbons (Fsp3) is 0.462. The maximum absolute atomic E-state index is 11.5. The van der Waals surface area contributed by atoms with Gasteiger partial charge in [-0.05, 0) is 31.0 Å². The summed E-state index contributed by atoms with van der Waals surface area (Å²) in [6.07, 6.45) is 0.975. The van der Waals surface area contributed by atoms with Gasteiger partial charge in [-0.2, -0.15) is 0 Å². The standard InChI is InChI=1S/C13H18BrNOS/c1-3-10(2)15-13(16)9-17-8-11-4-6-12(14)7-5-11/h4-7,10H,3,8-9H2,1-2H3,(H,15,16)/t10-/m0/s1. The van der Waals surface area contributed by atoms with Crippen LogP contribution in [0.2, 0.25) is 0 Å². The molecule has 0 spiro atoms. The van der Waals surface area contributed by atoms with Crippen LogP contribution in [-0.4, -0.2) is 17.7 Å². The summed E-state index contributed by atoms with van der Waals surface area (Å²) in [6.45, 7) is 4.09. The topological polar surface area (TPSA) is 29.1 Å². The molecule has 4 heteroatoms. The molecule has 0 fully saturated rings. The molecule has 1 N–H and O–H groups in total. The molecule has 0 heterocycles. The van der Waals surface area contributed by atoms with E-state index in [-0.39, 0.29) is 11.9 Å². The molecule has 0 bridgehead atoms. The van der Waals surface area contributed by atoms with Crippen molar-refractivity contribution in [1.29, 1.82) is 0 Å². The molecular weight excluding hydrogens is 298 g/mol. The van der Waals surface area contributed by atoms with E-state index in [0.717, 1.165) is 16.6 Å². The second-order valence-corrected chi connectivity index (χ2v) is 5.90. The molecular formula is C13H18BrNOS. The molecule has 2 nitrogen and oxygen atoms in total. The predicted octanol–water partition coefficient (Wildman–Crippen LogP) is 3.60. The van der Waals surface area contributed by atoms with Crippen LogP contribution >= 0.6 is 27.7 Å². The Morgan fingerprint density at radius 2 is 2.06 bits per heavy atom. The molecule has 94 valence electrons. The zero-order valence-electron chi connectivity index (χ0n) is 10.2. The molecule has 1 aromatic carbocycles. The van der Waals surface area contributed by atoms with Crippen LogP contribution < -0.4 is 5.32 Å². The van der Waals surface area contributed by atoms with Gasteiger partial charge in [0, 0.05) is 16.3 Å². The highest BCUT2D eigenvalue weighted by molar-refractivity contribution is 9.10. The van der Waals surface area contributed by atoms with Gasteiger partial charge in [-0.15, -0.1) is 11.8 Å². The van der Waals surface area contributed by atoms with Crippen molar-refractivity contribution in [1.82, 2.24) is 5.32 Å². The fourth-order valence-corrected chi connectivity index (χ4v) is 2.32. The summed E-state index contributed by atoms with van der Waals surface area (Å²) in [5, 5.41) is 2.96. The van der Waals surface area contributed by atoms with Crippen LogP contribution in [0, 0.1) is 0 Å². The lowest BCUT2D eigenvalue weighted by atomic mass is 10.2. The minimum atomic E-state index is 0.126. The number of halogens is 1. The molecule has 1 aromatic rings. The number of rotatable bonds is 6. The van der Waals surface area contributed by atoms with Crippen LogP contribution in [0.25, 0.3) is 0 Å². The van der Waals surface area contributed by atoms with Crippen LogP contribution in [-0.2, 0) is 10.5 Å². The van der Waals surface area contributed by atoms with Crippen molar-refractivity contribution in [2.45, 2.75) is 32.1 Å². The number of carbonyl (C=O) groups is 1. The smallest absolute Gasteiger partial charge is 0.230 e. The van der Waals surface area contributed by atoms with Gasteiger partial charge in [0.25, 0.3) is 0 Å². The van der Waals surface area contributed by atoms with E-state index in [4.69, 9.17) is 0 Å². The minimum absolute atomic E-state index is 0.126. The predicted molar refractivity (Wildman–Crippen MR) is 78.2 cm³/mol. The summed E-state index contributed by atoms with van der Waals surface area (Å²) in [7, 11) is 0.